The molecule has 1 heterocycles. The molecule has 0 saturated carbocycles. The SMILES string of the molecule is CN=C(NCc1ccc(CN(C)C)cc1)N1CCS(=O)(=O)C(C)(C)C1. The predicted octanol–water partition coefficient (Wildman–Crippen LogP) is 1.33. The van der Waals surface area contributed by atoms with Crippen molar-refractivity contribution in [3.8, 4) is 0 Å². The van der Waals surface area contributed by atoms with E-state index in [0.717, 1.165) is 12.5 Å². The van der Waals surface area contributed by atoms with Crippen LogP contribution < -0.4 is 5.32 Å². The monoisotopic (exact) mass is 366 g/mol. The van der Waals surface area contributed by atoms with Crippen LogP contribution in [0.15, 0.2) is 29.3 Å². The Morgan fingerprint density at radius 2 is 1.84 bits per heavy atom. The van der Waals surface area contributed by atoms with Crippen molar-refractivity contribution in [2.45, 2.75) is 31.7 Å². The Labute approximate surface area is 151 Å². The van der Waals surface area contributed by atoms with Crippen LogP contribution in [-0.2, 0) is 22.9 Å². The second kappa shape index (κ2) is 7.74. The van der Waals surface area contributed by atoms with Crippen molar-refractivity contribution in [1.29, 1.82) is 0 Å². The van der Waals surface area contributed by atoms with Crippen molar-refractivity contribution in [3.05, 3.63) is 35.4 Å². The fraction of sp³-hybridized carbons (Fsp3) is 0.611. The molecule has 25 heavy (non-hydrogen) atoms. The molecule has 0 spiro atoms. The predicted molar refractivity (Wildman–Crippen MR) is 103 cm³/mol. The Kier molecular flexibility index (Phi) is 6.11. The number of guanidine groups is 1. The maximum absolute atomic E-state index is 12.2. The lowest BCUT2D eigenvalue weighted by molar-refractivity contribution is 0.353. The Bertz CT molecular complexity index is 709. The van der Waals surface area contributed by atoms with Gasteiger partial charge in [-0.05, 0) is 39.1 Å². The summed E-state index contributed by atoms with van der Waals surface area (Å²) in [5.41, 5.74) is 2.45. The number of rotatable bonds is 4. The van der Waals surface area contributed by atoms with Gasteiger partial charge >= 0.3 is 0 Å². The highest BCUT2D eigenvalue weighted by molar-refractivity contribution is 7.92. The molecule has 1 fully saturated rings. The lowest BCUT2D eigenvalue weighted by Crippen LogP contribution is -2.57. The minimum Gasteiger partial charge on any atom is -0.352 e. The van der Waals surface area contributed by atoms with E-state index in [9.17, 15) is 8.42 Å². The topological polar surface area (TPSA) is 65.0 Å². The van der Waals surface area contributed by atoms with Crippen LogP contribution in [0.2, 0.25) is 0 Å². The number of hydrogen-bond donors (Lipinski definition) is 1. The summed E-state index contributed by atoms with van der Waals surface area (Å²) in [5, 5.41) is 3.35. The molecule has 0 radical (unpaired) electrons. The van der Waals surface area contributed by atoms with Gasteiger partial charge in [0.1, 0.15) is 0 Å². The van der Waals surface area contributed by atoms with E-state index in [0.29, 0.717) is 19.6 Å². The number of benzene rings is 1. The zero-order valence-electron chi connectivity index (χ0n) is 15.9. The molecular weight excluding hydrogens is 336 g/mol. The minimum absolute atomic E-state index is 0.167. The second-order valence-corrected chi connectivity index (χ2v) is 10.2. The number of nitrogens with zero attached hydrogens (tertiary/aromatic N) is 3. The largest absolute Gasteiger partial charge is 0.352 e. The Balaban J connectivity index is 1.97. The third-order valence-corrected chi connectivity index (χ3v) is 7.06. The second-order valence-electron chi connectivity index (χ2n) is 7.46. The molecule has 1 aliphatic rings. The molecule has 140 valence electrons. The number of sulfone groups is 1. The van der Waals surface area contributed by atoms with E-state index in [1.165, 1.54) is 11.1 Å². The molecule has 0 atom stereocenters. The van der Waals surface area contributed by atoms with Crippen LogP contribution in [0.25, 0.3) is 0 Å². The summed E-state index contributed by atoms with van der Waals surface area (Å²) in [4.78, 5) is 8.50. The molecule has 1 N–H and O–H groups in total. The maximum atomic E-state index is 12.2. The lowest BCUT2D eigenvalue weighted by Gasteiger charge is -2.39. The third kappa shape index (κ3) is 4.95. The zero-order chi connectivity index (χ0) is 18.7. The van der Waals surface area contributed by atoms with Crippen LogP contribution in [0.1, 0.15) is 25.0 Å². The Hall–Kier alpha value is -1.60. The van der Waals surface area contributed by atoms with Crippen molar-refractivity contribution in [2.75, 3.05) is 40.0 Å². The summed E-state index contributed by atoms with van der Waals surface area (Å²) < 4.78 is 23.6. The van der Waals surface area contributed by atoms with Crippen LogP contribution in [0.3, 0.4) is 0 Å². The minimum atomic E-state index is -3.05. The number of hydrogen-bond acceptors (Lipinski definition) is 4. The van der Waals surface area contributed by atoms with Crippen LogP contribution in [0.5, 0.6) is 0 Å². The molecule has 0 aliphatic carbocycles. The van der Waals surface area contributed by atoms with Gasteiger partial charge in [-0.3, -0.25) is 4.99 Å². The molecule has 0 bridgehead atoms. The molecule has 0 unspecified atom stereocenters. The van der Waals surface area contributed by atoms with Gasteiger partial charge in [0.25, 0.3) is 0 Å². The molecule has 0 aromatic heterocycles. The molecule has 1 aliphatic heterocycles. The summed E-state index contributed by atoms with van der Waals surface area (Å²) in [6.07, 6.45) is 0. The molecule has 1 saturated heterocycles. The van der Waals surface area contributed by atoms with E-state index in [-0.39, 0.29) is 5.75 Å². The van der Waals surface area contributed by atoms with Gasteiger partial charge in [0.05, 0.1) is 10.5 Å². The third-order valence-electron chi connectivity index (χ3n) is 4.53. The van der Waals surface area contributed by atoms with Gasteiger partial charge < -0.3 is 15.1 Å². The molecule has 2 rings (SSSR count). The van der Waals surface area contributed by atoms with Crippen molar-refractivity contribution in [1.82, 2.24) is 15.1 Å². The first-order valence-electron chi connectivity index (χ1n) is 8.55. The number of aliphatic imine (C=N–C) groups is 1. The van der Waals surface area contributed by atoms with Gasteiger partial charge in [-0.2, -0.15) is 0 Å². The summed E-state index contributed by atoms with van der Waals surface area (Å²) in [6.45, 7) is 6.09. The molecule has 0 amide bonds. The molecule has 1 aromatic rings. The van der Waals surface area contributed by atoms with E-state index >= 15 is 0 Å². The molecular formula is C18H30N4O2S. The van der Waals surface area contributed by atoms with Crippen molar-refractivity contribution >= 4 is 15.8 Å². The first kappa shape index (κ1) is 19.7. The standard InChI is InChI=1S/C18H30N4O2S/c1-18(2)14-22(10-11-25(18,23)24)17(19-3)20-12-15-6-8-16(9-7-15)13-21(4)5/h6-9H,10-14H2,1-5H3,(H,19,20). The van der Waals surface area contributed by atoms with Gasteiger partial charge in [0, 0.05) is 33.2 Å². The van der Waals surface area contributed by atoms with Crippen LogP contribution >= 0.6 is 0 Å². The normalized spacial score (nSPS) is 19.9. The summed E-state index contributed by atoms with van der Waals surface area (Å²) in [6, 6.07) is 8.50. The molecule has 6 nitrogen and oxygen atoms in total. The van der Waals surface area contributed by atoms with Crippen molar-refractivity contribution < 1.29 is 8.42 Å². The smallest absolute Gasteiger partial charge is 0.193 e. The average molecular weight is 367 g/mol. The van der Waals surface area contributed by atoms with Crippen LogP contribution in [0.4, 0.5) is 0 Å². The van der Waals surface area contributed by atoms with Crippen molar-refractivity contribution in [3.63, 3.8) is 0 Å². The maximum Gasteiger partial charge on any atom is 0.193 e. The fourth-order valence-electron chi connectivity index (χ4n) is 2.97. The van der Waals surface area contributed by atoms with Crippen molar-refractivity contribution in [2.24, 2.45) is 4.99 Å². The van der Waals surface area contributed by atoms with Gasteiger partial charge in [0.15, 0.2) is 15.8 Å². The Morgan fingerprint density at radius 1 is 1.24 bits per heavy atom. The van der Waals surface area contributed by atoms with E-state index in [4.69, 9.17) is 0 Å². The van der Waals surface area contributed by atoms with E-state index < -0.39 is 14.6 Å². The first-order chi connectivity index (χ1) is 11.6. The van der Waals surface area contributed by atoms with Gasteiger partial charge in [0.2, 0.25) is 0 Å². The van der Waals surface area contributed by atoms with E-state index in [1.807, 2.05) is 4.90 Å². The summed E-state index contributed by atoms with van der Waals surface area (Å²) in [5.74, 6) is 0.917. The van der Waals surface area contributed by atoms with Gasteiger partial charge in [-0.1, -0.05) is 24.3 Å². The van der Waals surface area contributed by atoms with Gasteiger partial charge in [-0.15, -0.1) is 0 Å². The van der Waals surface area contributed by atoms with Crippen LogP contribution in [-0.4, -0.2) is 68.9 Å². The lowest BCUT2D eigenvalue weighted by atomic mass is 10.1. The van der Waals surface area contributed by atoms with E-state index in [2.05, 4.69) is 53.6 Å². The highest BCUT2D eigenvalue weighted by Crippen LogP contribution is 2.23. The highest BCUT2D eigenvalue weighted by Gasteiger charge is 2.40. The molecule has 1 aromatic carbocycles. The van der Waals surface area contributed by atoms with E-state index in [1.54, 1.807) is 20.9 Å². The van der Waals surface area contributed by atoms with Crippen LogP contribution in [0, 0.1) is 0 Å². The zero-order valence-corrected chi connectivity index (χ0v) is 16.7. The molecule has 7 heteroatoms. The quantitative estimate of drug-likeness (QED) is 0.643. The fourth-order valence-corrected chi connectivity index (χ4v) is 4.33. The highest BCUT2D eigenvalue weighted by atomic mass is 32.2. The summed E-state index contributed by atoms with van der Waals surface area (Å²) >= 11 is 0. The Morgan fingerprint density at radius 3 is 2.36 bits per heavy atom. The van der Waals surface area contributed by atoms with Gasteiger partial charge in [-0.25, -0.2) is 8.42 Å². The average Bonchev–Trinajstić information content (AvgIpc) is 2.52. The summed E-state index contributed by atoms with van der Waals surface area (Å²) in [7, 11) is 2.80. The number of nitrogens with one attached hydrogen (secondary N) is 1. The first-order valence-corrected chi connectivity index (χ1v) is 10.2.